The molecule has 0 aromatic rings. The predicted octanol–water partition coefficient (Wildman–Crippen LogP) is 6.74. The molecule has 0 aromatic carbocycles. The molecule has 0 saturated heterocycles. The largest absolute Gasteiger partial charge is 0.633 e. The Balaban J connectivity index is 7.08. The van der Waals surface area contributed by atoms with E-state index in [0.29, 0.717) is 0 Å². The molecule has 0 radical (unpaired) electrons. The highest BCUT2D eigenvalue weighted by atomic mass is 32.2. The van der Waals surface area contributed by atoms with Crippen molar-refractivity contribution in [2.24, 2.45) is 0 Å². The van der Waals surface area contributed by atoms with Crippen LogP contribution in [0.3, 0.4) is 0 Å². The van der Waals surface area contributed by atoms with Crippen LogP contribution in [-0.2, 0) is 10.0 Å². The fourth-order valence-corrected chi connectivity index (χ4v) is 3.73. The Hall–Kier alpha value is -1.78. The molecule has 0 aliphatic carbocycles. The molecular weight excluding hydrogens is 737 g/mol. The molecule has 0 rings (SSSR count). The van der Waals surface area contributed by atoms with Gasteiger partial charge in [0.25, 0.3) is 10.0 Å². The molecule has 0 fully saturated rings. The molecule has 0 saturated carbocycles. The van der Waals surface area contributed by atoms with Crippen molar-refractivity contribution in [2.45, 2.75) is 71.2 Å². The number of alkyl halides is 23. The summed E-state index contributed by atoms with van der Waals surface area (Å²) in [6.45, 7) is -2.46. The second-order valence-electron chi connectivity index (χ2n) is 9.23. The van der Waals surface area contributed by atoms with Crippen LogP contribution in [0.1, 0.15) is 6.42 Å². The SMILES string of the molecule is C[N+](C)([O-])CCCNS(=O)(=O)C(F)(F)C(F)(F)C(F)(F)C(F)(F)C(F)(F)C(F)(F)C(F)(F)C(F)(F)C(F)(F)C(F)(F)C(F)(F)F. The average Bonchev–Trinajstić information content (AvgIpc) is 2.79. The summed E-state index contributed by atoms with van der Waals surface area (Å²) in [6.07, 6.45) is -9.14. The molecule has 0 aliphatic rings. The Bertz CT molecular complexity index is 1170. The maximum Gasteiger partial charge on any atom is 0.460 e. The molecular formula is C16H13F23N2O3S. The fourth-order valence-electron chi connectivity index (χ4n) is 2.67. The van der Waals surface area contributed by atoms with Crippen LogP contribution in [0.5, 0.6) is 0 Å². The molecule has 0 spiro atoms. The van der Waals surface area contributed by atoms with Crippen LogP contribution in [-0.4, -0.2) is 105 Å². The number of nitrogens with zero attached hydrogens (tertiary/aromatic N) is 1. The lowest BCUT2D eigenvalue weighted by Gasteiger charge is -2.45. The number of hydrogen-bond donors (Lipinski definition) is 1. The van der Waals surface area contributed by atoms with Gasteiger partial charge in [-0.15, -0.1) is 0 Å². The molecule has 272 valence electrons. The van der Waals surface area contributed by atoms with Crippen molar-refractivity contribution in [1.82, 2.24) is 4.72 Å². The van der Waals surface area contributed by atoms with Crippen molar-refractivity contribution in [3.8, 4) is 0 Å². The Morgan fingerprint density at radius 3 is 0.978 bits per heavy atom. The van der Waals surface area contributed by atoms with E-state index in [-0.39, 0.29) is 4.72 Å². The van der Waals surface area contributed by atoms with Crippen LogP contribution in [0.15, 0.2) is 0 Å². The standard InChI is InChI=1S/C16H13F23N2O3S/c1-41(2,42)5-3-4-40-45(43,44)16(38,39)14(33,34)12(29,30)10(25,26)8(21,22)6(17,18)7(19,20)9(23,24)11(27,28)13(31,32)15(35,36)37/h40H,3-5H2,1-2H3. The van der Waals surface area contributed by atoms with Gasteiger partial charge in [0, 0.05) is 13.0 Å². The minimum Gasteiger partial charge on any atom is -0.633 e. The third-order valence-corrected chi connectivity index (χ3v) is 6.89. The normalized spacial score (nSPS) is 16.8. The first kappa shape index (κ1) is 43.2. The van der Waals surface area contributed by atoms with Crippen LogP contribution in [0.25, 0.3) is 0 Å². The van der Waals surface area contributed by atoms with Gasteiger partial charge in [0.15, 0.2) is 0 Å². The van der Waals surface area contributed by atoms with Crippen LogP contribution >= 0.6 is 0 Å². The maximum absolute atomic E-state index is 13.9. The Kier molecular flexibility index (Phi) is 10.7. The second kappa shape index (κ2) is 11.1. The number of hydroxylamine groups is 3. The van der Waals surface area contributed by atoms with Gasteiger partial charge in [0.05, 0.1) is 20.6 Å². The summed E-state index contributed by atoms with van der Waals surface area (Å²) >= 11 is 0. The van der Waals surface area contributed by atoms with Gasteiger partial charge in [0.2, 0.25) is 0 Å². The molecule has 5 nitrogen and oxygen atoms in total. The molecule has 1 N–H and O–H groups in total. The van der Waals surface area contributed by atoms with E-state index in [0.717, 1.165) is 14.1 Å². The number of hydrogen-bond acceptors (Lipinski definition) is 3. The molecule has 0 aromatic heterocycles. The van der Waals surface area contributed by atoms with E-state index >= 15 is 0 Å². The summed E-state index contributed by atoms with van der Waals surface area (Å²) in [5.41, 5.74) is 0. The highest BCUT2D eigenvalue weighted by Gasteiger charge is 2.99. The fraction of sp³-hybridized carbons (Fsp3) is 1.00. The minimum atomic E-state index is -9.58. The summed E-state index contributed by atoms with van der Waals surface area (Å²) < 4.78 is 330. The lowest BCUT2D eigenvalue weighted by molar-refractivity contribution is -0.840. The minimum absolute atomic E-state index is 0.272. The van der Waals surface area contributed by atoms with Crippen molar-refractivity contribution >= 4 is 10.0 Å². The highest BCUT2D eigenvalue weighted by molar-refractivity contribution is 7.90. The second-order valence-corrected chi connectivity index (χ2v) is 11.0. The topological polar surface area (TPSA) is 69.2 Å². The lowest BCUT2D eigenvalue weighted by Crippen LogP contribution is -2.78. The number of halogens is 23. The third kappa shape index (κ3) is 6.05. The average molecular weight is 750 g/mol. The Morgan fingerprint density at radius 2 is 0.733 bits per heavy atom. The van der Waals surface area contributed by atoms with E-state index in [9.17, 15) is 115 Å². The van der Waals surface area contributed by atoms with E-state index in [1.165, 1.54) is 0 Å². The van der Waals surface area contributed by atoms with E-state index < -0.39 is 98.9 Å². The van der Waals surface area contributed by atoms with Crippen LogP contribution in [0, 0.1) is 5.21 Å². The van der Waals surface area contributed by atoms with Crippen molar-refractivity contribution in [3.63, 3.8) is 0 Å². The quantitative estimate of drug-likeness (QED) is 0.0873. The molecule has 0 amide bonds. The Morgan fingerprint density at radius 1 is 0.489 bits per heavy atom. The monoisotopic (exact) mass is 750 g/mol. The summed E-state index contributed by atoms with van der Waals surface area (Å²) in [5.74, 6) is -83.0. The number of quaternary nitrogens is 1. The zero-order chi connectivity index (χ0) is 37.3. The molecule has 45 heavy (non-hydrogen) atoms. The van der Waals surface area contributed by atoms with Crippen molar-refractivity contribution < 1.29 is 114 Å². The van der Waals surface area contributed by atoms with Gasteiger partial charge >= 0.3 is 64.7 Å². The van der Waals surface area contributed by atoms with Crippen LogP contribution in [0.4, 0.5) is 101 Å². The van der Waals surface area contributed by atoms with Gasteiger partial charge in [-0.1, -0.05) is 0 Å². The van der Waals surface area contributed by atoms with Crippen molar-refractivity contribution in [2.75, 3.05) is 27.2 Å². The number of sulfonamides is 1. The first-order chi connectivity index (χ1) is 19.0. The smallest absolute Gasteiger partial charge is 0.460 e. The summed E-state index contributed by atoms with van der Waals surface area (Å²) in [5, 5.41) is 3.32. The first-order valence-corrected chi connectivity index (χ1v) is 11.8. The van der Waals surface area contributed by atoms with Crippen molar-refractivity contribution in [1.29, 1.82) is 0 Å². The van der Waals surface area contributed by atoms with Gasteiger partial charge in [-0.05, 0) is 0 Å². The van der Waals surface area contributed by atoms with Gasteiger partial charge in [-0.3, -0.25) is 0 Å². The Labute approximate surface area is 233 Å². The molecule has 0 bridgehead atoms. The lowest BCUT2D eigenvalue weighted by atomic mass is 9.86. The summed E-state index contributed by atoms with van der Waals surface area (Å²) in [7, 11) is -6.05. The maximum atomic E-state index is 13.9. The number of rotatable bonds is 15. The zero-order valence-electron chi connectivity index (χ0n) is 20.9. The predicted molar refractivity (Wildman–Crippen MR) is 97.4 cm³/mol. The van der Waals surface area contributed by atoms with Gasteiger partial charge in [-0.25, -0.2) is 13.1 Å². The zero-order valence-corrected chi connectivity index (χ0v) is 21.7. The van der Waals surface area contributed by atoms with Gasteiger partial charge in [-0.2, -0.15) is 101 Å². The highest BCUT2D eigenvalue weighted by Crippen LogP contribution is 2.67. The van der Waals surface area contributed by atoms with E-state index in [4.69, 9.17) is 0 Å². The molecule has 0 aliphatic heterocycles. The van der Waals surface area contributed by atoms with Gasteiger partial charge in [0.1, 0.15) is 0 Å². The van der Waals surface area contributed by atoms with E-state index in [2.05, 4.69) is 0 Å². The van der Waals surface area contributed by atoms with E-state index in [1.54, 1.807) is 0 Å². The van der Waals surface area contributed by atoms with E-state index in [1.807, 2.05) is 0 Å². The molecule has 0 heterocycles. The summed E-state index contributed by atoms with van der Waals surface area (Å²) in [6, 6.07) is 0. The number of nitrogens with one attached hydrogen (secondary N) is 1. The molecule has 0 unspecified atom stereocenters. The third-order valence-electron chi connectivity index (χ3n) is 5.38. The van der Waals surface area contributed by atoms with Crippen LogP contribution < -0.4 is 4.72 Å². The molecule has 0 atom stereocenters. The van der Waals surface area contributed by atoms with Crippen LogP contribution in [0.2, 0.25) is 0 Å². The molecule has 29 heteroatoms. The van der Waals surface area contributed by atoms with Gasteiger partial charge < -0.3 is 9.85 Å². The first-order valence-electron chi connectivity index (χ1n) is 10.3. The van der Waals surface area contributed by atoms with Crippen molar-refractivity contribution in [3.05, 3.63) is 5.21 Å². The summed E-state index contributed by atoms with van der Waals surface area (Å²) in [4.78, 5) is 0.